The Balaban J connectivity index is 4.46. The minimum atomic E-state index is -0.819. The van der Waals surface area contributed by atoms with Gasteiger partial charge in [-0.3, -0.25) is 14.4 Å². The van der Waals surface area contributed by atoms with E-state index in [2.05, 4.69) is 112 Å². The monoisotopic (exact) mass is 987 g/mol. The summed E-state index contributed by atoms with van der Waals surface area (Å²) in [5.74, 6) is -0.991. The van der Waals surface area contributed by atoms with Crippen LogP contribution >= 0.6 is 0 Å². The maximum Gasteiger partial charge on any atom is 0.306 e. The number of carbonyl (C=O) groups is 3. The summed E-state index contributed by atoms with van der Waals surface area (Å²) in [4.78, 5) is 38.2. The molecule has 0 amide bonds. The van der Waals surface area contributed by atoms with Crippen LogP contribution in [0.5, 0.6) is 0 Å². The van der Waals surface area contributed by atoms with Crippen LogP contribution in [0, 0.1) is 0 Å². The summed E-state index contributed by atoms with van der Waals surface area (Å²) in [5, 5.41) is 0. The van der Waals surface area contributed by atoms with Crippen LogP contribution in [0.25, 0.3) is 0 Å². The Morgan fingerprint density at radius 3 is 0.915 bits per heavy atom. The highest BCUT2D eigenvalue weighted by Gasteiger charge is 2.19. The van der Waals surface area contributed by atoms with Crippen LogP contribution in [-0.4, -0.2) is 37.2 Å². The normalized spacial score (nSPS) is 12.8. The second kappa shape index (κ2) is 58.9. The van der Waals surface area contributed by atoms with E-state index in [1.807, 2.05) is 6.08 Å². The van der Waals surface area contributed by atoms with Gasteiger partial charge in [-0.1, -0.05) is 266 Å². The molecule has 0 radical (unpaired) electrons. The first kappa shape index (κ1) is 67.3. The second-order valence-corrected chi connectivity index (χ2v) is 19.5. The molecular weight excluding hydrogens is 877 g/mol. The lowest BCUT2D eigenvalue weighted by Gasteiger charge is -2.18. The molecule has 0 aromatic rings. The smallest absolute Gasteiger partial charge is 0.306 e. The van der Waals surface area contributed by atoms with Gasteiger partial charge in [-0.05, 0) is 89.9 Å². The number of hydrogen-bond acceptors (Lipinski definition) is 6. The lowest BCUT2D eigenvalue weighted by molar-refractivity contribution is -0.166. The number of carbonyl (C=O) groups excluding carboxylic acids is 3. The minimum absolute atomic E-state index is 0.107. The Bertz CT molecular complexity index is 1410. The van der Waals surface area contributed by atoms with E-state index in [1.165, 1.54) is 148 Å². The molecule has 0 saturated heterocycles. The van der Waals surface area contributed by atoms with E-state index >= 15 is 0 Å². The molecule has 0 aromatic heterocycles. The van der Waals surface area contributed by atoms with Crippen molar-refractivity contribution in [3.63, 3.8) is 0 Å². The molecule has 0 N–H and O–H groups in total. The largest absolute Gasteiger partial charge is 0.462 e. The van der Waals surface area contributed by atoms with Crippen LogP contribution in [0.1, 0.15) is 278 Å². The van der Waals surface area contributed by atoms with Crippen LogP contribution in [0.2, 0.25) is 0 Å². The zero-order valence-electron chi connectivity index (χ0n) is 46.5. The van der Waals surface area contributed by atoms with E-state index in [9.17, 15) is 14.4 Å². The molecule has 0 saturated carbocycles. The third-order valence-electron chi connectivity index (χ3n) is 12.6. The molecule has 0 heterocycles. The minimum Gasteiger partial charge on any atom is -0.462 e. The third-order valence-corrected chi connectivity index (χ3v) is 12.6. The average Bonchev–Trinajstić information content (AvgIpc) is 3.37. The van der Waals surface area contributed by atoms with Gasteiger partial charge in [0.25, 0.3) is 0 Å². The molecule has 6 heteroatoms. The summed E-state index contributed by atoms with van der Waals surface area (Å²) in [5.41, 5.74) is 0. The Labute approximate surface area is 438 Å². The standard InChI is InChI=1S/C65H110O6/c1-4-7-10-13-16-19-22-25-27-29-31-32-34-35-37-40-43-46-49-52-55-58-64(67)70-61-62(60-69-63(66)57-54-51-48-45-42-39-24-21-18-15-12-9-6-3)71-65(68)59-56-53-50-47-44-41-38-36-33-30-28-26-23-20-17-14-11-8-5-2/h8,11,17,20,22,25-26,28-29,31,33,36,41,44,50,53,62H,4-7,9-10,12-16,18-19,21,23-24,27,30,32,34-35,37-40,42-43,45-49,51-52,54-61H2,1-3H3/b11-8-,20-17-,25-22-,28-26-,31-29-,36-33-,44-41-,53-50-. The molecule has 71 heavy (non-hydrogen) atoms. The predicted octanol–water partition coefficient (Wildman–Crippen LogP) is 20.1. The van der Waals surface area contributed by atoms with Crippen molar-refractivity contribution in [3.05, 3.63) is 97.2 Å². The van der Waals surface area contributed by atoms with Gasteiger partial charge < -0.3 is 14.2 Å². The van der Waals surface area contributed by atoms with Crippen molar-refractivity contribution in [1.82, 2.24) is 0 Å². The average molecular weight is 988 g/mol. The van der Waals surface area contributed by atoms with Gasteiger partial charge in [0.1, 0.15) is 13.2 Å². The fourth-order valence-electron chi connectivity index (χ4n) is 8.15. The molecule has 0 aliphatic rings. The van der Waals surface area contributed by atoms with Gasteiger partial charge in [0.2, 0.25) is 0 Å². The molecule has 0 fully saturated rings. The maximum absolute atomic E-state index is 12.8. The first-order chi connectivity index (χ1) is 35.0. The van der Waals surface area contributed by atoms with Crippen molar-refractivity contribution in [2.75, 3.05) is 13.2 Å². The van der Waals surface area contributed by atoms with Gasteiger partial charge in [-0.25, -0.2) is 0 Å². The summed E-state index contributed by atoms with van der Waals surface area (Å²) in [6, 6.07) is 0. The highest BCUT2D eigenvalue weighted by Crippen LogP contribution is 2.15. The second-order valence-electron chi connectivity index (χ2n) is 19.5. The number of rotatable bonds is 53. The van der Waals surface area contributed by atoms with E-state index in [4.69, 9.17) is 14.2 Å². The molecule has 0 aromatic carbocycles. The zero-order chi connectivity index (χ0) is 51.4. The first-order valence-electron chi connectivity index (χ1n) is 29.7. The van der Waals surface area contributed by atoms with Crippen LogP contribution in [-0.2, 0) is 28.6 Å². The SMILES string of the molecule is CC/C=C\C/C=C\C/C=C\C/C=C\C/C=C\C/C=C\CCC(=O)OC(COC(=O)CCCCCCCCCCC/C=C\C/C=C\CCCCCCC)COC(=O)CCCCCCCCCCCCCCC. The fraction of sp³-hybridized carbons (Fsp3) is 0.708. The topological polar surface area (TPSA) is 78.9 Å². The summed E-state index contributed by atoms with van der Waals surface area (Å²) < 4.78 is 16.8. The van der Waals surface area contributed by atoms with Gasteiger partial charge in [0, 0.05) is 19.3 Å². The highest BCUT2D eigenvalue weighted by atomic mass is 16.6. The fourth-order valence-corrected chi connectivity index (χ4v) is 8.15. The van der Waals surface area contributed by atoms with Crippen molar-refractivity contribution < 1.29 is 28.6 Å². The van der Waals surface area contributed by atoms with Gasteiger partial charge in [-0.2, -0.15) is 0 Å². The summed E-state index contributed by atoms with van der Waals surface area (Å²) in [7, 11) is 0. The maximum atomic E-state index is 12.8. The van der Waals surface area contributed by atoms with Crippen molar-refractivity contribution in [1.29, 1.82) is 0 Å². The number of esters is 3. The van der Waals surface area contributed by atoms with Crippen LogP contribution in [0.3, 0.4) is 0 Å². The van der Waals surface area contributed by atoms with Crippen molar-refractivity contribution in [2.45, 2.75) is 284 Å². The van der Waals surface area contributed by atoms with E-state index in [1.54, 1.807) is 0 Å². The van der Waals surface area contributed by atoms with Crippen LogP contribution in [0.15, 0.2) is 97.2 Å². The number of allylic oxidation sites excluding steroid dienone is 16. The van der Waals surface area contributed by atoms with E-state index in [-0.39, 0.29) is 31.6 Å². The van der Waals surface area contributed by atoms with Gasteiger partial charge in [0.05, 0.1) is 0 Å². The van der Waals surface area contributed by atoms with E-state index in [0.29, 0.717) is 19.3 Å². The molecule has 1 unspecified atom stereocenters. The third kappa shape index (κ3) is 57.1. The highest BCUT2D eigenvalue weighted by molar-refractivity contribution is 5.71. The molecule has 0 rings (SSSR count). The summed E-state index contributed by atoms with van der Waals surface area (Å²) >= 11 is 0. The Morgan fingerprint density at radius 1 is 0.296 bits per heavy atom. The molecular formula is C65H110O6. The Hall–Kier alpha value is -3.67. The van der Waals surface area contributed by atoms with Crippen molar-refractivity contribution in [3.8, 4) is 0 Å². The quantitative estimate of drug-likeness (QED) is 0.0261. The molecule has 406 valence electrons. The number of ether oxygens (including phenoxy) is 3. The summed E-state index contributed by atoms with van der Waals surface area (Å²) in [6.07, 6.45) is 78.4. The molecule has 0 aliphatic heterocycles. The lowest BCUT2D eigenvalue weighted by Crippen LogP contribution is -2.30. The van der Waals surface area contributed by atoms with Gasteiger partial charge in [-0.15, -0.1) is 0 Å². The first-order valence-corrected chi connectivity index (χ1v) is 29.7. The Kier molecular flexibility index (Phi) is 55.9. The molecule has 6 nitrogen and oxygen atoms in total. The molecule has 0 spiro atoms. The Morgan fingerprint density at radius 2 is 0.577 bits per heavy atom. The van der Waals surface area contributed by atoms with Crippen LogP contribution in [0.4, 0.5) is 0 Å². The van der Waals surface area contributed by atoms with E-state index < -0.39 is 12.1 Å². The lowest BCUT2D eigenvalue weighted by atomic mass is 10.0. The van der Waals surface area contributed by atoms with Gasteiger partial charge in [0.15, 0.2) is 6.10 Å². The van der Waals surface area contributed by atoms with Gasteiger partial charge >= 0.3 is 17.9 Å². The predicted molar refractivity (Wildman–Crippen MR) is 307 cm³/mol. The van der Waals surface area contributed by atoms with Crippen molar-refractivity contribution >= 4 is 17.9 Å². The van der Waals surface area contributed by atoms with Crippen LogP contribution < -0.4 is 0 Å². The number of hydrogen-bond donors (Lipinski definition) is 0. The zero-order valence-corrected chi connectivity index (χ0v) is 46.5. The number of unbranched alkanes of at least 4 members (excludes halogenated alkanes) is 26. The molecule has 0 aliphatic carbocycles. The molecule has 1 atom stereocenters. The van der Waals surface area contributed by atoms with E-state index in [0.717, 1.165) is 83.5 Å². The van der Waals surface area contributed by atoms with Crippen molar-refractivity contribution in [2.24, 2.45) is 0 Å². The molecule has 0 bridgehead atoms. The summed E-state index contributed by atoms with van der Waals surface area (Å²) in [6.45, 7) is 6.46.